The fraction of sp³-hybridized carbons (Fsp3) is 0. The maximum Gasteiger partial charge on any atom is 0.301 e. The highest BCUT2D eigenvalue weighted by atomic mass is 35.5. The zero-order chi connectivity index (χ0) is 14.3. The molecule has 1 heterocycles. The van der Waals surface area contributed by atoms with Crippen LogP contribution in [0, 0.1) is 10.1 Å². The largest absolute Gasteiger partial charge is 0.410 e. The number of ketones is 1. The van der Waals surface area contributed by atoms with Gasteiger partial charge >= 0.3 is 5.69 Å². The summed E-state index contributed by atoms with van der Waals surface area (Å²) < 4.78 is 0. The van der Waals surface area contributed by atoms with Crippen molar-refractivity contribution >= 4 is 52.0 Å². The smallest absolute Gasteiger partial charge is 0.301 e. The van der Waals surface area contributed by atoms with Crippen LogP contribution in [0.1, 0.15) is 5.56 Å². The third-order valence-electron chi connectivity index (χ3n) is 2.38. The van der Waals surface area contributed by atoms with Gasteiger partial charge in [-0.15, -0.1) is 0 Å². The van der Waals surface area contributed by atoms with Gasteiger partial charge in [-0.2, -0.15) is 0 Å². The molecule has 2 rings (SSSR count). The van der Waals surface area contributed by atoms with Gasteiger partial charge in [-0.05, 0) is 6.07 Å². The lowest BCUT2D eigenvalue weighted by atomic mass is 9.98. The molecule has 1 aromatic rings. The molecule has 0 fully saturated rings. The van der Waals surface area contributed by atoms with E-state index in [-0.39, 0.29) is 16.3 Å². The van der Waals surface area contributed by atoms with Crippen molar-refractivity contribution in [2.24, 2.45) is 5.16 Å². The van der Waals surface area contributed by atoms with Gasteiger partial charge in [0.2, 0.25) is 0 Å². The quantitative estimate of drug-likeness (QED) is 0.353. The Morgan fingerprint density at radius 1 is 1.37 bits per heavy atom. The van der Waals surface area contributed by atoms with E-state index in [4.69, 9.17) is 28.4 Å². The lowest BCUT2D eigenvalue weighted by Crippen LogP contribution is -2.36. The van der Waals surface area contributed by atoms with Crippen molar-refractivity contribution in [3.05, 3.63) is 31.8 Å². The Morgan fingerprint density at radius 2 is 2.00 bits per heavy atom. The monoisotopic (exact) mass is 303 g/mol. The Hall–Kier alpha value is -2.19. The zero-order valence-electron chi connectivity index (χ0n) is 8.81. The summed E-state index contributed by atoms with van der Waals surface area (Å²) in [5.41, 5.74) is -1.99. The summed E-state index contributed by atoms with van der Waals surface area (Å²) in [6.45, 7) is 0. The van der Waals surface area contributed by atoms with Gasteiger partial charge < -0.3 is 10.5 Å². The van der Waals surface area contributed by atoms with Crippen LogP contribution in [-0.2, 0) is 9.59 Å². The van der Waals surface area contributed by atoms with Crippen LogP contribution in [0.3, 0.4) is 0 Å². The SMILES string of the molecule is O=C1Nc2cc(Cl)c(Cl)c([N+](=O)[O-])c2C(=NO)C1=O. The minimum absolute atomic E-state index is 0.126. The van der Waals surface area contributed by atoms with Crippen LogP contribution in [0.15, 0.2) is 11.2 Å². The first-order chi connectivity index (χ1) is 8.88. The molecule has 10 heteroatoms. The van der Waals surface area contributed by atoms with Crippen LogP contribution in [0.4, 0.5) is 11.4 Å². The molecule has 0 bridgehead atoms. The maximum absolute atomic E-state index is 11.5. The van der Waals surface area contributed by atoms with Gasteiger partial charge in [0.25, 0.3) is 11.7 Å². The van der Waals surface area contributed by atoms with Crippen molar-refractivity contribution in [2.75, 3.05) is 5.32 Å². The number of fused-ring (bicyclic) bond motifs is 1. The number of anilines is 1. The van der Waals surface area contributed by atoms with Gasteiger partial charge in [0.15, 0.2) is 5.71 Å². The summed E-state index contributed by atoms with van der Waals surface area (Å²) in [7, 11) is 0. The number of hydrogen-bond donors (Lipinski definition) is 2. The van der Waals surface area contributed by atoms with Crippen molar-refractivity contribution < 1.29 is 19.7 Å². The first kappa shape index (κ1) is 13.2. The van der Waals surface area contributed by atoms with E-state index in [1.54, 1.807) is 0 Å². The number of halogens is 2. The molecule has 19 heavy (non-hydrogen) atoms. The van der Waals surface area contributed by atoms with Crippen molar-refractivity contribution in [2.45, 2.75) is 0 Å². The fourth-order valence-electron chi connectivity index (χ4n) is 1.62. The molecule has 8 nitrogen and oxygen atoms in total. The molecule has 1 amide bonds. The number of nitrogens with zero attached hydrogens (tertiary/aromatic N) is 2. The lowest BCUT2D eigenvalue weighted by Gasteiger charge is -2.17. The number of hydrogen-bond acceptors (Lipinski definition) is 6. The fourth-order valence-corrected chi connectivity index (χ4v) is 2.03. The van der Waals surface area contributed by atoms with Crippen molar-refractivity contribution in [1.82, 2.24) is 0 Å². The Labute approximate surface area is 114 Å². The van der Waals surface area contributed by atoms with E-state index < -0.39 is 33.0 Å². The molecular weight excluding hydrogens is 301 g/mol. The average molecular weight is 304 g/mol. The van der Waals surface area contributed by atoms with Crippen LogP contribution in [0.2, 0.25) is 10.0 Å². The molecule has 0 radical (unpaired) electrons. The number of benzene rings is 1. The molecule has 1 aliphatic heterocycles. The third-order valence-corrected chi connectivity index (χ3v) is 3.16. The molecule has 2 N–H and O–H groups in total. The third kappa shape index (κ3) is 1.90. The highest BCUT2D eigenvalue weighted by Crippen LogP contribution is 2.41. The van der Waals surface area contributed by atoms with Crippen LogP contribution in [-0.4, -0.2) is 27.5 Å². The Balaban J connectivity index is 2.90. The molecule has 0 saturated carbocycles. The summed E-state index contributed by atoms with van der Waals surface area (Å²) in [4.78, 5) is 32.9. The minimum Gasteiger partial charge on any atom is -0.410 e. The highest BCUT2D eigenvalue weighted by Gasteiger charge is 2.39. The second-order valence-corrected chi connectivity index (χ2v) is 4.22. The van der Waals surface area contributed by atoms with Gasteiger partial charge in [-0.1, -0.05) is 28.4 Å². The number of nitro benzene ring substituents is 1. The number of oxime groups is 1. The summed E-state index contributed by atoms with van der Waals surface area (Å²) in [6, 6.07) is 1.13. The van der Waals surface area contributed by atoms with Crippen LogP contribution >= 0.6 is 23.2 Å². The van der Waals surface area contributed by atoms with E-state index >= 15 is 0 Å². The summed E-state index contributed by atoms with van der Waals surface area (Å²) in [6.07, 6.45) is 0. The number of Topliss-reactive ketones (excluding diaryl/α,β-unsaturated/α-hetero) is 1. The van der Waals surface area contributed by atoms with Gasteiger partial charge in [0.1, 0.15) is 10.6 Å². The number of rotatable bonds is 1. The van der Waals surface area contributed by atoms with E-state index in [2.05, 4.69) is 10.5 Å². The predicted molar refractivity (Wildman–Crippen MR) is 65.1 cm³/mol. The normalized spacial score (nSPS) is 16.2. The second kappa shape index (κ2) is 4.48. The van der Waals surface area contributed by atoms with Gasteiger partial charge in [-0.3, -0.25) is 19.7 Å². The lowest BCUT2D eigenvalue weighted by molar-refractivity contribution is -0.384. The molecule has 0 spiro atoms. The Morgan fingerprint density at radius 3 is 2.53 bits per heavy atom. The number of carbonyl (C=O) groups is 2. The molecule has 0 unspecified atom stereocenters. The Kier molecular flexibility index (Phi) is 3.13. The van der Waals surface area contributed by atoms with Crippen molar-refractivity contribution in [3.8, 4) is 0 Å². The van der Waals surface area contributed by atoms with Crippen LogP contribution in [0.25, 0.3) is 0 Å². The summed E-state index contributed by atoms with van der Waals surface area (Å²) >= 11 is 11.4. The summed E-state index contributed by atoms with van der Waals surface area (Å²) in [5.74, 6) is -2.30. The average Bonchev–Trinajstić information content (AvgIpc) is 2.33. The first-order valence-corrected chi connectivity index (χ1v) is 5.38. The van der Waals surface area contributed by atoms with Crippen molar-refractivity contribution in [1.29, 1.82) is 0 Å². The van der Waals surface area contributed by atoms with E-state index in [9.17, 15) is 19.7 Å². The van der Waals surface area contributed by atoms with E-state index in [0.29, 0.717) is 0 Å². The van der Waals surface area contributed by atoms with E-state index in [1.807, 2.05) is 0 Å². The number of amides is 1. The van der Waals surface area contributed by atoms with Crippen molar-refractivity contribution in [3.63, 3.8) is 0 Å². The molecule has 0 aromatic heterocycles. The number of nitrogens with one attached hydrogen (secondary N) is 1. The topological polar surface area (TPSA) is 122 Å². The van der Waals surface area contributed by atoms with E-state index in [0.717, 1.165) is 6.07 Å². The summed E-state index contributed by atoms with van der Waals surface area (Å²) in [5, 5.41) is 23.9. The first-order valence-electron chi connectivity index (χ1n) is 4.63. The molecule has 0 aliphatic carbocycles. The van der Waals surface area contributed by atoms with Gasteiger partial charge in [-0.25, -0.2) is 0 Å². The molecular formula is C9H3Cl2N3O5. The second-order valence-electron chi connectivity index (χ2n) is 3.43. The number of carbonyl (C=O) groups excluding carboxylic acids is 2. The molecule has 0 saturated heterocycles. The standard InChI is InChI=1S/C9H3Cl2N3O5/c10-2-1-3-4(7(5(2)11)14(18)19)6(13-17)8(15)9(16)12-3/h1,17H,(H,12,16). The Bertz CT molecular complexity index is 670. The van der Waals surface area contributed by atoms with Gasteiger partial charge in [0.05, 0.1) is 15.6 Å². The zero-order valence-corrected chi connectivity index (χ0v) is 10.3. The van der Waals surface area contributed by atoms with Gasteiger partial charge in [0, 0.05) is 0 Å². The molecule has 98 valence electrons. The predicted octanol–water partition coefficient (Wildman–Crippen LogP) is 1.60. The van der Waals surface area contributed by atoms with E-state index in [1.165, 1.54) is 0 Å². The highest BCUT2D eigenvalue weighted by molar-refractivity contribution is 6.72. The maximum atomic E-state index is 11.5. The van der Waals surface area contributed by atoms with Crippen LogP contribution in [0.5, 0.6) is 0 Å². The minimum atomic E-state index is -1.21. The molecule has 0 atom stereocenters. The molecule has 1 aromatic carbocycles. The number of nitro groups is 1. The van der Waals surface area contributed by atoms with Crippen LogP contribution < -0.4 is 5.32 Å². The molecule has 1 aliphatic rings.